The Labute approximate surface area is 103 Å². The molecule has 0 aliphatic carbocycles. The lowest BCUT2D eigenvalue weighted by Gasteiger charge is -2.08. The molecule has 1 rings (SSSR count). The van der Waals surface area contributed by atoms with E-state index in [9.17, 15) is 4.79 Å². The minimum atomic E-state index is -0.124. The van der Waals surface area contributed by atoms with Gasteiger partial charge in [-0.25, -0.2) is 4.98 Å². The van der Waals surface area contributed by atoms with Crippen molar-refractivity contribution in [1.29, 1.82) is 0 Å². The third-order valence-electron chi connectivity index (χ3n) is 1.95. The number of amides is 1. The molecule has 0 saturated heterocycles. The highest BCUT2D eigenvalue weighted by Crippen LogP contribution is 2.04. The predicted molar refractivity (Wildman–Crippen MR) is 68.6 cm³/mol. The maximum absolute atomic E-state index is 11.9. The predicted octanol–water partition coefficient (Wildman–Crippen LogP) is 2.23. The molecule has 0 aliphatic heterocycles. The van der Waals surface area contributed by atoms with Gasteiger partial charge in [-0.05, 0) is 31.9 Å². The summed E-state index contributed by atoms with van der Waals surface area (Å²) in [7, 11) is 0. The van der Waals surface area contributed by atoms with E-state index in [0.717, 1.165) is 0 Å². The van der Waals surface area contributed by atoms with Crippen LogP contribution in [0, 0.1) is 17.8 Å². The van der Waals surface area contributed by atoms with Crippen molar-refractivity contribution in [3.05, 3.63) is 29.6 Å². The van der Waals surface area contributed by atoms with Gasteiger partial charge in [-0.3, -0.25) is 4.79 Å². The third kappa shape index (κ3) is 4.28. The van der Waals surface area contributed by atoms with Crippen molar-refractivity contribution in [3.63, 3.8) is 0 Å². The number of hydrogen-bond acceptors (Lipinski definition) is 2. The zero-order valence-electron chi connectivity index (χ0n) is 10.7. The normalized spacial score (nSPS) is 10.0. The van der Waals surface area contributed by atoms with Gasteiger partial charge < -0.3 is 5.32 Å². The van der Waals surface area contributed by atoms with Gasteiger partial charge in [0.15, 0.2) is 0 Å². The van der Waals surface area contributed by atoms with E-state index in [1.807, 2.05) is 27.7 Å². The van der Waals surface area contributed by atoms with Crippen LogP contribution in [-0.2, 0) is 0 Å². The molecule has 0 saturated carbocycles. The molecule has 90 valence electrons. The van der Waals surface area contributed by atoms with Gasteiger partial charge in [-0.1, -0.05) is 19.8 Å². The smallest absolute Gasteiger partial charge is 0.254 e. The van der Waals surface area contributed by atoms with Crippen LogP contribution in [0.15, 0.2) is 18.3 Å². The van der Waals surface area contributed by atoms with Crippen molar-refractivity contribution < 1.29 is 4.79 Å². The van der Waals surface area contributed by atoms with E-state index in [-0.39, 0.29) is 17.9 Å². The minimum Gasteiger partial charge on any atom is -0.350 e. The van der Waals surface area contributed by atoms with E-state index in [1.165, 1.54) is 0 Å². The third-order valence-corrected chi connectivity index (χ3v) is 1.95. The van der Waals surface area contributed by atoms with Crippen LogP contribution < -0.4 is 5.32 Å². The maximum Gasteiger partial charge on any atom is 0.254 e. The molecule has 0 aliphatic rings. The number of pyridine rings is 1. The fourth-order valence-corrected chi connectivity index (χ4v) is 1.24. The van der Waals surface area contributed by atoms with E-state index < -0.39 is 0 Å². The van der Waals surface area contributed by atoms with Crippen LogP contribution in [0.2, 0.25) is 0 Å². The molecule has 17 heavy (non-hydrogen) atoms. The molecule has 1 N–H and O–H groups in total. The number of aromatic nitrogens is 1. The van der Waals surface area contributed by atoms with Crippen molar-refractivity contribution >= 4 is 5.91 Å². The summed E-state index contributed by atoms with van der Waals surface area (Å²) < 4.78 is 0. The Bertz CT molecular complexity index is 453. The number of carbonyl (C=O) groups excluding carboxylic acids is 1. The van der Waals surface area contributed by atoms with Crippen LogP contribution >= 0.6 is 0 Å². The monoisotopic (exact) mass is 230 g/mol. The molecule has 0 spiro atoms. The molecule has 1 heterocycles. The number of nitrogens with one attached hydrogen (secondary N) is 1. The van der Waals surface area contributed by atoms with Crippen LogP contribution in [0.5, 0.6) is 0 Å². The SMILES string of the molecule is CC(C)C#Cc1ncccc1C(=O)NC(C)C. The first kappa shape index (κ1) is 13.2. The Kier molecular flexibility index (Phi) is 4.71. The van der Waals surface area contributed by atoms with Crippen LogP contribution in [-0.4, -0.2) is 16.9 Å². The van der Waals surface area contributed by atoms with Crippen LogP contribution in [0.3, 0.4) is 0 Å². The van der Waals surface area contributed by atoms with Gasteiger partial charge >= 0.3 is 0 Å². The van der Waals surface area contributed by atoms with Crippen molar-refractivity contribution in [2.75, 3.05) is 0 Å². The number of rotatable bonds is 2. The van der Waals surface area contributed by atoms with Gasteiger partial charge in [0.05, 0.1) is 5.56 Å². The Balaban J connectivity index is 3.01. The number of nitrogens with zero attached hydrogens (tertiary/aromatic N) is 1. The molecule has 3 heteroatoms. The Morgan fingerprint density at radius 1 is 1.35 bits per heavy atom. The topological polar surface area (TPSA) is 42.0 Å². The average Bonchev–Trinajstić information content (AvgIpc) is 2.25. The first-order valence-electron chi connectivity index (χ1n) is 5.78. The van der Waals surface area contributed by atoms with Gasteiger partial charge in [0.2, 0.25) is 0 Å². The standard InChI is InChI=1S/C14H18N2O/c1-10(2)7-8-13-12(6-5-9-15-13)14(17)16-11(3)4/h5-6,9-11H,1-4H3,(H,16,17). The van der Waals surface area contributed by atoms with Crippen molar-refractivity contribution in [1.82, 2.24) is 10.3 Å². The van der Waals surface area contributed by atoms with E-state index in [0.29, 0.717) is 11.3 Å². The van der Waals surface area contributed by atoms with Crippen molar-refractivity contribution in [3.8, 4) is 11.8 Å². The van der Waals surface area contributed by atoms with Crippen LogP contribution in [0.1, 0.15) is 43.7 Å². The molecule has 0 aromatic carbocycles. The number of carbonyl (C=O) groups is 1. The maximum atomic E-state index is 11.9. The van der Waals surface area contributed by atoms with Crippen LogP contribution in [0.25, 0.3) is 0 Å². The van der Waals surface area contributed by atoms with Crippen molar-refractivity contribution in [2.45, 2.75) is 33.7 Å². The second-order valence-electron chi connectivity index (χ2n) is 4.45. The fourth-order valence-electron chi connectivity index (χ4n) is 1.24. The molecular weight excluding hydrogens is 212 g/mol. The fraction of sp³-hybridized carbons (Fsp3) is 0.429. The molecule has 0 fully saturated rings. The molecule has 0 radical (unpaired) electrons. The van der Waals surface area contributed by atoms with Crippen molar-refractivity contribution in [2.24, 2.45) is 5.92 Å². The van der Waals surface area contributed by atoms with E-state index in [2.05, 4.69) is 22.1 Å². The molecule has 1 amide bonds. The second kappa shape index (κ2) is 6.05. The molecule has 0 unspecified atom stereocenters. The summed E-state index contributed by atoms with van der Waals surface area (Å²) in [6.07, 6.45) is 1.65. The lowest BCUT2D eigenvalue weighted by atomic mass is 10.1. The Morgan fingerprint density at radius 2 is 2.06 bits per heavy atom. The average molecular weight is 230 g/mol. The molecule has 3 nitrogen and oxygen atoms in total. The van der Waals surface area contributed by atoms with Crippen LogP contribution in [0.4, 0.5) is 0 Å². The summed E-state index contributed by atoms with van der Waals surface area (Å²) in [6.45, 7) is 7.86. The summed E-state index contributed by atoms with van der Waals surface area (Å²) in [4.78, 5) is 16.0. The minimum absolute atomic E-state index is 0.105. The lowest BCUT2D eigenvalue weighted by molar-refractivity contribution is 0.0942. The van der Waals surface area contributed by atoms with Gasteiger partial charge in [0, 0.05) is 18.2 Å². The van der Waals surface area contributed by atoms with Gasteiger partial charge in [-0.15, -0.1) is 0 Å². The zero-order chi connectivity index (χ0) is 12.8. The molecule has 0 bridgehead atoms. The highest BCUT2D eigenvalue weighted by atomic mass is 16.1. The second-order valence-corrected chi connectivity index (χ2v) is 4.45. The van der Waals surface area contributed by atoms with E-state index in [4.69, 9.17) is 0 Å². The molecule has 1 aromatic heterocycles. The van der Waals surface area contributed by atoms with Gasteiger partial charge in [0.1, 0.15) is 5.69 Å². The first-order valence-corrected chi connectivity index (χ1v) is 5.78. The summed E-state index contributed by atoms with van der Waals surface area (Å²) in [5, 5.41) is 2.84. The summed E-state index contributed by atoms with van der Waals surface area (Å²) >= 11 is 0. The summed E-state index contributed by atoms with van der Waals surface area (Å²) in [6, 6.07) is 3.60. The quantitative estimate of drug-likeness (QED) is 0.792. The van der Waals surface area contributed by atoms with E-state index >= 15 is 0 Å². The van der Waals surface area contributed by atoms with Gasteiger partial charge in [-0.2, -0.15) is 0 Å². The summed E-state index contributed by atoms with van der Waals surface area (Å²) in [5.41, 5.74) is 1.08. The molecule has 0 atom stereocenters. The van der Waals surface area contributed by atoms with Gasteiger partial charge in [0.25, 0.3) is 5.91 Å². The zero-order valence-corrected chi connectivity index (χ0v) is 10.7. The first-order chi connectivity index (χ1) is 8.00. The highest BCUT2D eigenvalue weighted by Gasteiger charge is 2.11. The largest absolute Gasteiger partial charge is 0.350 e. The lowest BCUT2D eigenvalue weighted by Crippen LogP contribution is -2.30. The molecule has 1 aromatic rings. The highest BCUT2D eigenvalue weighted by molar-refractivity contribution is 5.96. The molecular formula is C14H18N2O. The summed E-state index contributed by atoms with van der Waals surface area (Å²) in [5.74, 6) is 6.10. The Hall–Kier alpha value is -1.82. The number of hydrogen-bond donors (Lipinski definition) is 1. The van der Waals surface area contributed by atoms with E-state index in [1.54, 1.807) is 18.3 Å². The Morgan fingerprint density at radius 3 is 2.65 bits per heavy atom.